The average Bonchev–Trinajstić information content (AvgIpc) is 3.25. The zero-order valence-corrected chi connectivity index (χ0v) is 40.8. The van der Waals surface area contributed by atoms with E-state index >= 15 is 0 Å². The van der Waals surface area contributed by atoms with Gasteiger partial charge in [-0.15, -0.1) is 0 Å². The highest BCUT2D eigenvalue weighted by molar-refractivity contribution is 7.47. The first-order valence-electron chi connectivity index (χ1n) is 25.8. The molecule has 2 unspecified atom stereocenters. The Morgan fingerprint density at radius 1 is 0.508 bits per heavy atom. The minimum Gasteiger partial charge on any atom is -0.463 e. The van der Waals surface area contributed by atoms with E-state index in [-0.39, 0.29) is 32.1 Å². The lowest BCUT2D eigenvalue weighted by molar-refractivity contribution is -0.147. The molecule has 10 heteroatoms. The number of esters is 1. The lowest BCUT2D eigenvalue weighted by Crippen LogP contribution is -2.27. The Kier molecular flexibility index (Phi) is 46.8. The lowest BCUT2D eigenvalue weighted by atomic mass is 10.0. The Morgan fingerprint density at radius 2 is 0.885 bits per heavy atom. The third-order valence-electron chi connectivity index (χ3n) is 11.4. The van der Waals surface area contributed by atoms with Gasteiger partial charge in [0.05, 0.1) is 13.2 Å². The van der Waals surface area contributed by atoms with Gasteiger partial charge < -0.3 is 20.1 Å². The molecule has 3 N–H and O–H groups in total. The van der Waals surface area contributed by atoms with E-state index in [9.17, 15) is 24.2 Å². The first-order valence-corrected chi connectivity index (χ1v) is 27.3. The first kappa shape index (κ1) is 59.5. The summed E-state index contributed by atoms with van der Waals surface area (Å²) in [4.78, 5) is 34.1. The van der Waals surface area contributed by atoms with Crippen LogP contribution in [-0.2, 0) is 27.9 Å². The predicted octanol–water partition coefficient (Wildman–Crippen LogP) is 15.1. The van der Waals surface area contributed by atoms with Crippen molar-refractivity contribution in [3.63, 3.8) is 0 Å². The number of allylic oxidation sites excluding steroid dienone is 4. The van der Waals surface area contributed by atoms with Crippen LogP contribution in [0.4, 0.5) is 0 Å². The molecule has 0 aromatic rings. The van der Waals surface area contributed by atoms with E-state index in [0.717, 1.165) is 44.9 Å². The van der Waals surface area contributed by atoms with Crippen LogP contribution in [0, 0.1) is 0 Å². The summed E-state index contributed by atoms with van der Waals surface area (Å²) in [6.07, 6.45) is 54.0. The molecule has 9 nitrogen and oxygen atoms in total. The van der Waals surface area contributed by atoms with Crippen LogP contribution in [-0.4, -0.2) is 54.3 Å². The van der Waals surface area contributed by atoms with E-state index in [1.165, 1.54) is 186 Å². The van der Waals surface area contributed by atoms with Crippen LogP contribution in [0.1, 0.15) is 258 Å². The molecule has 0 saturated heterocycles. The summed E-state index contributed by atoms with van der Waals surface area (Å²) in [6.45, 7) is 3.58. The van der Waals surface area contributed by atoms with Crippen LogP contribution in [0.3, 0.4) is 0 Å². The van der Waals surface area contributed by atoms with Gasteiger partial charge in [-0.3, -0.25) is 18.6 Å². The number of nitrogens with one attached hydrogen (secondary N) is 1. The summed E-state index contributed by atoms with van der Waals surface area (Å²) in [7, 11) is -4.42. The summed E-state index contributed by atoms with van der Waals surface area (Å²) < 4.78 is 27.0. The second-order valence-corrected chi connectivity index (χ2v) is 19.0. The van der Waals surface area contributed by atoms with Crippen molar-refractivity contribution in [1.82, 2.24) is 5.32 Å². The molecule has 0 aliphatic rings. The maximum Gasteiger partial charge on any atom is 0.472 e. The smallest absolute Gasteiger partial charge is 0.463 e. The van der Waals surface area contributed by atoms with E-state index in [4.69, 9.17) is 13.8 Å². The Hall–Kier alpha value is -1.51. The summed E-state index contributed by atoms with van der Waals surface area (Å²) in [6, 6.07) is 0. The third-order valence-corrected chi connectivity index (χ3v) is 12.4. The van der Waals surface area contributed by atoms with Crippen LogP contribution in [0.2, 0.25) is 0 Å². The van der Waals surface area contributed by atoms with E-state index in [1.54, 1.807) is 0 Å². The Labute approximate surface area is 376 Å². The molecule has 0 aliphatic heterocycles. The van der Waals surface area contributed by atoms with Gasteiger partial charge in [0.15, 0.2) is 0 Å². The molecule has 0 heterocycles. The van der Waals surface area contributed by atoms with Crippen LogP contribution >= 0.6 is 7.82 Å². The Bertz CT molecular complexity index is 1050. The van der Waals surface area contributed by atoms with Gasteiger partial charge in [0, 0.05) is 19.4 Å². The molecule has 0 radical (unpaired) electrons. The number of amides is 1. The fraction of sp³-hybridized carbons (Fsp3) is 0.882. The quantitative estimate of drug-likeness (QED) is 0.0238. The van der Waals surface area contributed by atoms with Crippen LogP contribution in [0.5, 0.6) is 0 Å². The van der Waals surface area contributed by atoms with E-state index in [0.29, 0.717) is 6.42 Å². The number of aliphatic hydroxyl groups excluding tert-OH is 1. The zero-order chi connectivity index (χ0) is 44.6. The zero-order valence-electron chi connectivity index (χ0n) is 39.9. The normalized spacial score (nSPS) is 13.3. The number of hydrogen-bond acceptors (Lipinski definition) is 7. The van der Waals surface area contributed by atoms with Gasteiger partial charge in [0.25, 0.3) is 0 Å². The number of ether oxygens (including phenoxy) is 1. The summed E-state index contributed by atoms with van der Waals surface area (Å²) >= 11 is 0. The average molecular weight is 884 g/mol. The third kappa shape index (κ3) is 49.4. The molecular weight excluding hydrogens is 786 g/mol. The van der Waals surface area contributed by atoms with Crippen molar-refractivity contribution in [2.24, 2.45) is 0 Å². The van der Waals surface area contributed by atoms with Gasteiger partial charge >= 0.3 is 13.8 Å². The molecule has 0 saturated carbocycles. The summed E-state index contributed by atoms with van der Waals surface area (Å²) in [5.74, 6) is -0.507. The molecule has 0 fully saturated rings. The minimum atomic E-state index is -4.42. The van der Waals surface area contributed by atoms with Crippen LogP contribution < -0.4 is 5.32 Å². The predicted molar refractivity (Wildman–Crippen MR) is 257 cm³/mol. The fourth-order valence-corrected chi connectivity index (χ4v) is 8.23. The van der Waals surface area contributed by atoms with E-state index in [1.807, 2.05) is 0 Å². The monoisotopic (exact) mass is 884 g/mol. The van der Waals surface area contributed by atoms with Gasteiger partial charge in [-0.25, -0.2) is 4.57 Å². The molecule has 0 aliphatic carbocycles. The number of aliphatic hydroxyl groups is 1. The van der Waals surface area contributed by atoms with Crippen molar-refractivity contribution in [3.8, 4) is 0 Å². The molecule has 360 valence electrons. The second kappa shape index (κ2) is 48.0. The van der Waals surface area contributed by atoms with Crippen molar-refractivity contribution in [3.05, 3.63) is 24.3 Å². The Morgan fingerprint density at radius 3 is 1.34 bits per heavy atom. The highest BCUT2D eigenvalue weighted by Gasteiger charge is 2.23. The number of carbonyl (C=O) groups is 2. The fourth-order valence-electron chi connectivity index (χ4n) is 7.47. The number of unbranched alkanes of at least 4 members (excludes halogenated alkanes) is 32. The van der Waals surface area contributed by atoms with Gasteiger partial charge in [0.1, 0.15) is 12.7 Å². The van der Waals surface area contributed by atoms with Crippen LogP contribution in [0.25, 0.3) is 0 Å². The van der Waals surface area contributed by atoms with E-state index < -0.39 is 26.5 Å². The van der Waals surface area contributed by atoms with Crippen molar-refractivity contribution in [2.45, 2.75) is 264 Å². The van der Waals surface area contributed by atoms with Crippen molar-refractivity contribution in [1.29, 1.82) is 0 Å². The maximum absolute atomic E-state index is 12.1. The standard InChI is InChI=1S/C51H98NO8P/c1-3-5-7-9-11-13-15-17-19-21-23-24-26-27-29-31-33-35-37-39-41-43-50(54)52-45-46-59-61(56,57)60-48-49(53)47-58-51(55)44-42-40-38-36-34-32-30-28-25-22-20-18-16-14-12-10-8-6-4-2/h11,13,17,19,49,53H,3-10,12,14-16,18,20-48H2,1-2H3,(H,52,54)(H,56,57)/b13-11-,19-17-. The molecule has 0 aromatic carbocycles. The molecule has 61 heavy (non-hydrogen) atoms. The molecule has 0 aromatic heterocycles. The summed E-state index contributed by atoms with van der Waals surface area (Å²) in [5.41, 5.74) is 0. The molecule has 1 amide bonds. The number of hydrogen-bond donors (Lipinski definition) is 3. The van der Waals surface area contributed by atoms with Crippen molar-refractivity contribution < 1.29 is 37.9 Å². The number of phosphoric ester groups is 1. The highest BCUT2D eigenvalue weighted by Crippen LogP contribution is 2.42. The second-order valence-electron chi connectivity index (χ2n) is 17.5. The number of rotatable bonds is 49. The topological polar surface area (TPSA) is 131 Å². The molecular formula is C51H98NO8P. The Balaban J connectivity index is 3.53. The highest BCUT2D eigenvalue weighted by atomic mass is 31.2. The van der Waals surface area contributed by atoms with E-state index in [2.05, 4.69) is 43.5 Å². The summed E-state index contributed by atoms with van der Waals surface area (Å²) in [5, 5.41) is 12.8. The number of phosphoric acid groups is 1. The SMILES string of the molecule is CCCCC/C=C\C/C=C\CCCCCCCCCCCCCC(=O)NCCOP(=O)(O)OCC(O)COC(=O)CCCCCCCCCCCCCCCCCCCCC. The maximum atomic E-state index is 12.1. The first-order chi connectivity index (χ1) is 29.8. The van der Waals surface area contributed by atoms with Crippen molar-refractivity contribution >= 4 is 19.7 Å². The molecule has 0 bridgehead atoms. The van der Waals surface area contributed by atoms with Gasteiger partial charge in [0.2, 0.25) is 5.91 Å². The van der Waals surface area contributed by atoms with Gasteiger partial charge in [-0.2, -0.15) is 0 Å². The largest absolute Gasteiger partial charge is 0.472 e. The van der Waals surface area contributed by atoms with Gasteiger partial charge in [-0.1, -0.05) is 224 Å². The number of carbonyl (C=O) groups excluding carboxylic acids is 2. The molecule has 2 atom stereocenters. The molecule has 0 spiro atoms. The van der Waals surface area contributed by atoms with Crippen molar-refractivity contribution in [2.75, 3.05) is 26.4 Å². The minimum absolute atomic E-state index is 0.0833. The van der Waals surface area contributed by atoms with Crippen LogP contribution in [0.15, 0.2) is 24.3 Å². The lowest BCUT2D eigenvalue weighted by Gasteiger charge is -2.15. The molecule has 0 rings (SSSR count). The van der Waals surface area contributed by atoms with Gasteiger partial charge in [-0.05, 0) is 44.9 Å².